The average molecular weight is 677 g/mol. The zero-order valence-electron chi connectivity index (χ0n) is 29.3. The predicted octanol–water partition coefficient (Wildman–Crippen LogP) is 14.6. The van der Waals surface area contributed by atoms with Crippen LogP contribution < -0.4 is 0 Å². The Morgan fingerprint density at radius 2 is 0.830 bits per heavy atom. The molecule has 0 amide bonds. The zero-order chi connectivity index (χ0) is 35.0. The molecule has 0 N–H and O–H groups in total. The summed E-state index contributed by atoms with van der Waals surface area (Å²) in [6, 6.07) is 57.7. The van der Waals surface area contributed by atoms with Crippen molar-refractivity contribution in [3.8, 4) is 33.4 Å². The van der Waals surface area contributed by atoms with E-state index in [1.165, 1.54) is 66.1 Å². The number of benzene rings is 9. The molecule has 0 saturated heterocycles. The van der Waals surface area contributed by atoms with Gasteiger partial charge in [-0.1, -0.05) is 111 Å². The Morgan fingerprint density at radius 1 is 0.340 bits per heavy atom. The summed E-state index contributed by atoms with van der Waals surface area (Å²) in [5.74, 6) is 0. The van der Waals surface area contributed by atoms with Gasteiger partial charge in [0.05, 0.1) is 0 Å². The van der Waals surface area contributed by atoms with Gasteiger partial charge in [0, 0.05) is 27.0 Å². The molecule has 2 heteroatoms. The molecule has 9 aromatic carbocycles. The SMILES string of the molecule is CC1(C)c2cc(-c3ccc4oc5cc6cc7c(cc6cc5c4c3)oc3ccccc37)ccc2-c2ccc(-c3c4ccccc4cc4ccccc34)cc21. The lowest BCUT2D eigenvalue weighted by Crippen LogP contribution is -2.15. The molecular weight excluding hydrogens is 645 g/mol. The van der Waals surface area contributed by atoms with Crippen molar-refractivity contribution in [2.75, 3.05) is 0 Å². The quantitative estimate of drug-likeness (QED) is 0.170. The maximum Gasteiger partial charge on any atom is 0.136 e. The Balaban J connectivity index is 0.970. The lowest BCUT2D eigenvalue weighted by molar-refractivity contribution is 0.661. The lowest BCUT2D eigenvalue weighted by atomic mass is 9.80. The van der Waals surface area contributed by atoms with E-state index in [2.05, 4.69) is 159 Å². The predicted molar refractivity (Wildman–Crippen MR) is 222 cm³/mol. The molecular formula is C51H32O2. The average Bonchev–Trinajstić information content (AvgIpc) is 3.81. The largest absolute Gasteiger partial charge is 0.456 e. The van der Waals surface area contributed by atoms with Gasteiger partial charge in [0.1, 0.15) is 22.3 Å². The fourth-order valence-corrected chi connectivity index (χ4v) is 9.32. The van der Waals surface area contributed by atoms with Crippen molar-refractivity contribution in [1.82, 2.24) is 0 Å². The summed E-state index contributed by atoms with van der Waals surface area (Å²) >= 11 is 0. The summed E-state index contributed by atoms with van der Waals surface area (Å²) in [5, 5.41) is 11.9. The van der Waals surface area contributed by atoms with Gasteiger partial charge in [0.2, 0.25) is 0 Å². The van der Waals surface area contributed by atoms with E-state index in [9.17, 15) is 0 Å². The van der Waals surface area contributed by atoms with Crippen molar-refractivity contribution in [2.45, 2.75) is 19.3 Å². The van der Waals surface area contributed by atoms with Gasteiger partial charge >= 0.3 is 0 Å². The normalized spacial score (nSPS) is 13.6. The van der Waals surface area contributed by atoms with E-state index >= 15 is 0 Å². The summed E-state index contributed by atoms with van der Waals surface area (Å²) in [6.07, 6.45) is 0. The second-order valence-corrected chi connectivity index (χ2v) is 15.3. The minimum atomic E-state index is -0.162. The fourth-order valence-electron chi connectivity index (χ4n) is 9.32. The molecule has 0 aliphatic heterocycles. The van der Waals surface area contributed by atoms with Crippen LogP contribution in [0.2, 0.25) is 0 Å². The first kappa shape index (κ1) is 29.0. The van der Waals surface area contributed by atoms with Crippen LogP contribution in [0.4, 0.5) is 0 Å². The van der Waals surface area contributed by atoms with E-state index in [-0.39, 0.29) is 5.41 Å². The first-order valence-corrected chi connectivity index (χ1v) is 18.4. The molecule has 0 bridgehead atoms. The highest BCUT2D eigenvalue weighted by atomic mass is 16.3. The molecule has 1 aliphatic rings. The van der Waals surface area contributed by atoms with E-state index in [1.807, 2.05) is 12.1 Å². The van der Waals surface area contributed by atoms with Crippen LogP contribution in [0, 0.1) is 0 Å². The van der Waals surface area contributed by atoms with Crippen LogP contribution in [0.3, 0.4) is 0 Å². The van der Waals surface area contributed by atoms with Crippen molar-refractivity contribution < 1.29 is 8.83 Å². The van der Waals surface area contributed by atoms with Crippen molar-refractivity contribution in [3.05, 3.63) is 169 Å². The fraction of sp³-hybridized carbons (Fsp3) is 0.0588. The van der Waals surface area contributed by atoms with Gasteiger partial charge in [0.25, 0.3) is 0 Å². The van der Waals surface area contributed by atoms with Crippen LogP contribution >= 0.6 is 0 Å². The van der Waals surface area contributed by atoms with Crippen molar-refractivity contribution in [3.63, 3.8) is 0 Å². The molecule has 2 heterocycles. The monoisotopic (exact) mass is 676 g/mol. The Morgan fingerprint density at radius 3 is 1.51 bits per heavy atom. The summed E-state index contributed by atoms with van der Waals surface area (Å²) in [5.41, 5.74) is 13.8. The summed E-state index contributed by atoms with van der Waals surface area (Å²) in [4.78, 5) is 0. The second kappa shape index (κ2) is 10.2. The van der Waals surface area contributed by atoms with Crippen LogP contribution in [0.15, 0.2) is 167 Å². The molecule has 11 aromatic rings. The molecule has 0 saturated carbocycles. The van der Waals surface area contributed by atoms with E-state index in [0.717, 1.165) is 54.6 Å². The molecule has 0 radical (unpaired) electrons. The van der Waals surface area contributed by atoms with Gasteiger partial charge in [-0.2, -0.15) is 0 Å². The lowest BCUT2D eigenvalue weighted by Gasteiger charge is -2.23. The minimum Gasteiger partial charge on any atom is -0.456 e. The first-order chi connectivity index (χ1) is 26.0. The van der Waals surface area contributed by atoms with E-state index < -0.39 is 0 Å². The molecule has 53 heavy (non-hydrogen) atoms. The molecule has 0 spiro atoms. The van der Waals surface area contributed by atoms with Gasteiger partial charge in [-0.05, 0) is 137 Å². The highest BCUT2D eigenvalue weighted by Gasteiger charge is 2.36. The first-order valence-electron chi connectivity index (χ1n) is 18.4. The molecule has 0 atom stereocenters. The Hall–Kier alpha value is -6.64. The van der Waals surface area contributed by atoms with Gasteiger partial charge in [-0.25, -0.2) is 0 Å². The molecule has 0 fully saturated rings. The Labute approximate surface area is 305 Å². The maximum absolute atomic E-state index is 6.46. The maximum atomic E-state index is 6.46. The minimum absolute atomic E-state index is 0.162. The van der Waals surface area contributed by atoms with Crippen molar-refractivity contribution >= 4 is 76.2 Å². The van der Waals surface area contributed by atoms with Crippen LogP contribution in [0.1, 0.15) is 25.0 Å². The smallest absolute Gasteiger partial charge is 0.136 e. The standard InChI is InChI=1S/C51H32O2/c1-51(2)44-25-30(15-18-38(44)39-19-16-33(26-45(39)51)50-36-11-5-3-9-31(36)21-32-10-4-6-12-37(32)50)29-17-20-47-42(22-29)43-24-35-27-48-41(23-34(35)28-49(43)53-47)40-13-7-8-14-46(40)52-48/h3-28H,1-2H3. The molecule has 12 rings (SSSR count). The third kappa shape index (κ3) is 4.04. The van der Waals surface area contributed by atoms with E-state index in [0.29, 0.717) is 0 Å². The highest BCUT2D eigenvalue weighted by Crippen LogP contribution is 2.51. The van der Waals surface area contributed by atoms with Crippen molar-refractivity contribution in [1.29, 1.82) is 0 Å². The Kier molecular flexibility index (Phi) is 5.60. The van der Waals surface area contributed by atoms with Gasteiger partial charge in [-0.15, -0.1) is 0 Å². The molecule has 2 aromatic heterocycles. The molecule has 1 aliphatic carbocycles. The summed E-state index contributed by atoms with van der Waals surface area (Å²) < 4.78 is 12.7. The molecule has 2 nitrogen and oxygen atoms in total. The molecule has 0 unspecified atom stereocenters. The van der Waals surface area contributed by atoms with Crippen LogP contribution in [-0.4, -0.2) is 0 Å². The zero-order valence-corrected chi connectivity index (χ0v) is 29.3. The summed E-state index contributed by atoms with van der Waals surface area (Å²) in [7, 11) is 0. The van der Waals surface area contributed by atoms with Gasteiger partial charge in [0.15, 0.2) is 0 Å². The summed E-state index contributed by atoms with van der Waals surface area (Å²) in [6.45, 7) is 4.76. The van der Waals surface area contributed by atoms with E-state index in [1.54, 1.807) is 0 Å². The second-order valence-electron chi connectivity index (χ2n) is 15.3. The third-order valence-electron chi connectivity index (χ3n) is 12.0. The number of furan rings is 2. The van der Waals surface area contributed by atoms with Gasteiger partial charge < -0.3 is 8.83 Å². The number of para-hydroxylation sites is 1. The highest BCUT2D eigenvalue weighted by molar-refractivity contribution is 6.16. The van der Waals surface area contributed by atoms with Gasteiger partial charge in [-0.3, -0.25) is 0 Å². The van der Waals surface area contributed by atoms with Crippen LogP contribution in [-0.2, 0) is 5.41 Å². The van der Waals surface area contributed by atoms with Crippen LogP contribution in [0.5, 0.6) is 0 Å². The number of hydrogen-bond donors (Lipinski definition) is 0. The number of hydrogen-bond acceptors (Lipinski definition) is 2. The molecule has 248 valence electrons. The topological polar surface area (TPSA) is 26.3 Å². The van der Waals surface area contributed by atoms with E-state index in [4.69, 9.17) is 8.83 Å². The Bertz CT molecular complexity index is 3320. The van der Waals surface area contributed by atoms with Crippen molar-refractivity contribution in [2.24, 2.45) is 0 Å². The third-order valence-corrected chi connectivity index (χ3v) is 12.0. The number of fused-ring (bicyclic) bond motifs is 12. The number of rotatable bonds is 2. The van der Waals surface area contributed by atoms with Crippen LogP contribution in [0.25, 0.3) is 110 Å².